The molecule has 0 saturated carbocycles. The van der Waals surface area contributed by atoms with E-state index < -0.39 is 0 Å². The van der Waals surface area contributed by atoms with E-state index in [0.29, 0.717) is 0 Å². The lowest BCUT2D eigenvalue weighted by molar-refractivity contribution is 0.983. The molecule has 0 bridgehead atoms. The molecule has 0 radical (unpaired) electrons. The Bertz CT molecular complexity index is 239. The maximum Gasteiger partial charge on any atom is 0.0794 e. The molecule has 0 aliphatic carbocycles. The first-order chi connectivity index (χ1) is 5.83. The first-order valence-electron chi connectivity index (χ1n) is 4.06. The smallest absolute Gasteiger partial charge is 0.0794 e. The number of rotatable bonds is 4. The molecule has 0 amide bonds. The molecule has 0 aliphatic rings. The minimum Gasteiger partial charge on any atom is -0.330 e. The van der Waals surface area contributed by atoms with Crippen molar-refractivity contribution in [1.29, 1.82) is 0 Å². The molecule has 1 aromatic rings. The Morgan fingerprint density at radius 1 is 1.75 bits per heavy atom. The van der Waals surface area contributed by atoms with E-state index >= 15 is 0 Å². The lowest BCUT2D eigenvalue weighted by Crippen LogP contribution is -1.96. The summed E-state index contributed by atoms with van der Waals surface area (Å²) < 4.78 is 0. The lowest BCUT2D eigenvalue weighted by atomic mass is 10.1. The molecular formula is C9H14N2S. The average molecular weight is 182 g/mol. The third-order valence-corrected chi connectivity index (χ3v) is 2.38. The van der Waals surface area contributed by atoms with Crippen molar-refractivity contribution in [3.05, 3.63) is 28.2 Å². The summed E-state index contributed by atoms with van der Waals surface area (Å²) in [5.41, 5.74) is 8.64. The van der Waals surface area contributed by atoms with Crippen molar-refractivity contribution >= 4 is 11.3 Å². The van der Waals surface area contributed by atoms with Gasteiger partial charge in [0, 0.05) is 17.5 Å². The van der Waals surface area contributed by atoms with Gasteiger partial charge < -0.3 is 5.73 Å². The molecule has 0 spiro atoms. The van der Waals surface area contributed by atoms with Gasteiger partial charge in [-0.05, 0) is 19.9 Å². The summed E-state index contributed by atoms with van der Waals surface area (Å²) in [6, 6.07) is 0. The Morgan fingerprint density at radius 3 is 3.17 bits per heavy atom. The van der Waals surface area contributed by atoms with Crippen LogP contribution in [0.15, 0.2) is 23.4 Å². The minimum atomic E-state index is 0.736. The number of hydrogen-bond acceptors (Lipinski definition) is 3. The van der Waals surface area contributed by atoms with Crippen LogP contribution in [0.5, 0.6) is 0 Å². The molecule has 3 heteroatoms. The van der Waals surface area contributed by atoms with Gasteiger partial charge in [-0.1, -0.05) is 11.6 Å². The Morgan fingerprint density at radius 2 is 2.58 bits per heavy atom. The molecule has 1 rings (SSSR count). The van der Waals surface area contributed by atoms with Crippen molar-refractivity contribution in [1.82, 2.24) is 4.98 Å². The predicted molar refractivity (Wildman–Crippen MR) is 53.2 cm³/mol. The van der Waals surface area contributed by atoms with E-state index in [1.54, 1.807) is 11.3 Å². The topological polar surface area (TPSA) is 38.9 Å². The van der Waals surface area contributed by atoms with Crippen molar-refractivity contribution < 1.29 is 0 Å². The maximum atomic E-state index is 5.40. The fraction of sp³-hybridized carbons (Fsp3) is 0.444. The van der Waals surface area contributed by atoms with Crippen LogP contribution in [0.3, 0.4) is 0 Å². The summed E-state index contributed by atoms with van der Waals surface area (Å²) in [4.78, 5) is 5.34. The van der Waals surface area contributed by atoms with Crippen LogP contribution in [0.2, 0.25) is 0 Å². The molecule has 0 saturated heterocycles. The standard InChI is InChI=1S/C9H14N2S/c1-8(3-2-4-10)5-9-6-11-7-12-9/h3,6-7H,2,4-5,10H2,1H3. The molecule has 2 N–H and O–H groups in total. The lowest BCUT2D eigenvalue weighted by Gasteiger charge is -1.96. The van der Waals surface area contributed by atoms with Crippen LogP contribution in [0.25, 0.3) is 0 Å². The zero-order valence-corrected chi connectivity index (χ0v) is 8.10. The minimum absolute atomic E-state index is 0.736. The molecule has 12 heavy (non-hydrogen) atoms. The first kappa shape index (κ1) is 9.42. The van der Waals surface area contributed by atoms with E-state index in [4.69, 9.17) is 5.73 Å². The Hall–Kier alpha value is -0.670. The number of nitrogens with zero attached hydrogens (tertiary/aromatic N) is 1. The van der Waals surface area contributed by atoms with Gasteiger partial charge in [-0.15, -0.1) is 11.3 Å². The van der Waals surface area contributed by atoms with E-state index in [0.717, 1.165) is 19.4 Å². The summed E-state index contributed by atoms with van der Waals surface area (Å²) in [6.07, 6.45) is 6.11. The molecular weight excluding hydrogens is 168 g/mol. The average Bonchev–Trinajstić information content (AvgIpc) is 2.53. The van der Waals surface area contributed by atoms with Crippen LogP contribution in [0.1, 0.15) is 18.2 Å². The third kappa shape index (κ3) is 3.15. The van der Waals surface area contributed by atoms with Gasteiger partial charge in [0.25, 0.3) is 0 Å². The Balaban J connectivity index is 2.41. The highest BCUT2D eigenvalue weighted by Crippen LogP contribution is 2.11. The van der Waals surface area contributed by atoms with Gasteiger partial charge in [-0.25, -0.2) is 0 Å². The second-order valence-electron chi connectivity index (χ2n) is 2.77. The SMILES string of the molecule is CC(=CCCN)Cc1cncs1. The third-order valence-electron chi connectivity index (χ3n) is 1.60. The highest BCUT2D eigenvalue weighted by molar-refractivity contribution is 7.09. The number of allylic oxidation sites excluding steroid dienone is 1. The van der Waals surface area contributed by atoms with Crippen molar-refractivity contribution in [3.63, 3.8) is 0 Å². The van der Waals surface area contributed by atoms with Crippen LogP contribution in [-0.4, -0.2) is 11.5 Å². The van der Waals surface area contributed by atoms with E-state index in [1.165, 1.54) is 10.5 Å². The summed E-state index contributed by atoms with van der Waals surface area (Å²) in [5, 5.41) is 0. The van der Waals surface area contributed by atoms with Crippen molar-refractivity contribution in [2.45, 2.75) is 19.8 Å². The van der Waals surface area contributed by atoms with E-state index in [9.17, 15) is 0 Å². The monoisotopic (exact) mass is 182 g/mol. The Labute approximate surface area is 77.1 Å². The van der Waals surface area contributed by atoms with Crippen LogP contribution in [-0.2, 0) is 6.42 Å². The zero-order chi connectivity index (χ0) is 8.81. The van der Waals surface area contributed by atoms with E-state index in [-0.39, 0.29) is 0 Å². The molecule has 1 aromatic heterocycles. The molecule has 66 valence electrons. The van der Waals surface area contributed by atoms with Crippen LogP contribution in [0, 0.1) is 0 Å². The van der Waals surface area contributed by atoms with Gasteiger partial charge in [0.2, 0.25) is 0 Å². The van der Waals surface area contributed by atoms with Crippen molar-refractivity contribution in [3.8, 4) is 0 Å². The van der Waals surface area contributed by atoms with Gasteiger partial charge in [-0.2, -0.15) is 0 Å². The molecule has 0 aliphatic heterocycles. The number of thiazole rings is 1. The van der Waals surface area contributed by atoms with Gasteiger partial charge in [0.1, 0.15) is 0 Å². The largest absolute Gasteiger partial charge is 0.330 e. The molecule has 0 atom stereocenters. The zero-order valence-electron chi connectivity index (χ0n) is 7.29. The van der Waals surface area contributed by atoms with Gasteiger partial charge in [0.05, 0.1) is 5.51 Å². The van der Waals surface area contributed by atoms with E-state index in [2.05, 4.69) is 18.0 Å². The van der Waals surface area contributed by atoms with Gasteiger partial charge in [-0.3, -0.25) is 4.98 Å². The normalized spacial score (nSPS) is 12.0. The second kappa shape index (κ2) is 5.06. The number of aromatic nitrogens is 1. The molecule has 0 fully saturated rings. The molecule has 0 aromatic carbocycles. The van der Waals surface area contributed by atoms with Crippen LogP contribution >= 0.6 is 11.3 Å². The maximum absolute atomic E-state index is 5.40. The molecule has 1 heterocycles. The first-order valence-corrected chi connectivity index (χ1v) is 4.94. The van der Waals surface area contributed by atoms with Crippen LogP contribution in [0.4, 0.5) is 0 Å². The molecule has 2 nitrogen and oxygen atoms in total. The quantitative estimate of drug-likeness (QED) is 0.723. The fourth-order valence-electron chi connectivity index (χ4n) is 1.01. The predicted octanol–water partition coefficient (Wildman–Crippen LogP) is 1.98. The second-order valence-corrected chi connectivity index (χ2v) is 3.74. The number of hydrogen-bond donors (Lipinski definition) is 1. The number of nitrogens with two attached hydrogens (primary N) is 1. The van der Waals surface area contributed by atoms with E-state index in [1.807, 2.05) is 11.7 Å². The van der Waals surface area contributed by atoms with Crippen molar-refractivity contribution in [2.24, 2.45) is 5.73 Å². The Kier molecular flexibility index (Phi) is 3.97. The fourth-order valence-corrected chi connectivity index (χ4v) is 1.70. The summed E-state index contributed by atoms with van der Waals surface area (Å²) in [6.45, 7) is 2.87. The molecule has 0 unspecified atom stereocenters. The highest BCUT2D eigenvalue weighted by Gasteiger charge is 1.94. The highest BCUT2D eigenvalue weighted by atomic mass is 32.1. The summed E-state index contributed by atoms with van der Waals surface area (Å²) >= 11 is 1.70. The van der Waals surface area contributed by atoms with Crippen molar-refractivity contribution in [2.75, 3.05) is 6.54 Å². The summed E-state index contributed by atoms with van der Waals surface area (Å²) in [5.74, 6) is 0. The van der Waals surface area contributed by atoms with Crippen LogP contribution < -0.4 is 5.73 Å². The van der Waals surface area contributed by atoms with Gasteiger partial charge in [0.15, 0.2) is 0 Å². The van der Waals surface area contributed by atoms with Gasteiger partial charge >= 0.3 is 0 Å². The summed E-state index contributed by atoms with van der Waals surface area (Å²) in [7, 11) is 0.